The van der Waals surface area contributed by atoms with E-state index in [4.69, 9.17) is 4.74 Å². The summed E-state index contributed by atoms with van der Waals surface area (Å²) in [5, 5.41) is 12.7. The minimum atomic E-state index is -0.215. The van der Waals surface area contributed by atoms with Crippen LogP contribution in [-0.4, -0.2) is 51.9 Å². The molecule has 1 saturated heterocycles. The smallest absolute Gasteiger partial charge is 0.323 e. The van der Waals surface area contributed by atoms with Gasteiger partial charge >= 0.3 is 6.01 Å². The van der Waals surface area contributed by atoms with Gasteiger partial charge < -0.3 is 20.1 Å². The molecule has 0 bridgehead atoms. The number of rotatable bonds is 5. The van der Waals surface area contributed by atoms with Crippen LogP contribution in [-0.2, 0) is 0 Å². The number of anilines is 2. The van der Waals surface area contributed by atoms with E-state index >= 15 is 0 Å². The fourth-order valence-electron chi connectivity index (χ4n) is 2.05. The molecule has 2 rings (SSSR count). The van der Waals surface area contributed by atoms with E-state index in [-0.39, 0.29) is 12.2 Å². The van der Waals surface area contributed by atoms with Gasteiger partial charge in [0.15, 0.2) is 0 Å². The van der Waals surface area contributed by atoms with Gasteiger partial charge in [-0.2, -0.15) is 15.0 Å². The lowest BCUT2D eigenvalue weighted by Crippen LogP contribution is -2.37. The molecule has 2 N–H and O–H groups in total. The number of aromatic nitrogens is 3. The molecule has 0 unspecified atom stereocenters. The summed E-state index contributed by atoms with van der Waals surface area (Å²) in [6.45, 7) is 8.10. The predicted molar refractivity (Wildman–Crippen MR) is 77.2 cm³/mol. The van der Waals surface area contributed by atoms with Gasteiger partial charge in [0.25, 0.3) is 0 Å². The molecule has 0 spiro atoms. The summed E-state index contributed by atoms with van der Waals surface area (Å²) in [5.74, 6) is 1.14. The Morgan fingerprint density at radius 1 is 1.30 bits per heavy atom. The molecule has 1 aromatic rings. The van der Waals surface area contributed by atoms with Crippen molar-refractivity contribution in [2.75, 3.05) is 29.9 Å². The number of aliphatic hydroxyl groups excluding tert-OH is 1. The second-order valence-electron chi connectivity index (χ2n) is 5.16. The average Bonchev–Trinajstić information content (AvgIpc) is 2.38. The number of hydrogen-bond donors (Lipinski definition) is 2. The van der Waals surface area contributed by atoms with E-state index in [9.17, 15) is 5.11 Å². The van der Waals surface area contributed by atoms with Gasteiger partial charge in [0.2, 0.25) is 11.9 Å². The summed E-state index contributed by atoms with van der Waals surface area (Å²) in [5.41, 5.74) is 0. The molecule has 1 fully saturated rings. The Hall–Kier alpha value is -1.63. The van der Waals surface area contributed by atoms with Crippen molar-refractivity contribution in [3.05, 3.63) is 0 Å². The molecule has 7 heteroatoms. The summed E-state index contributed by atoms with van der Waals surface area (Å²) < 4.78 is 5.58. The van der Waals surface area contributed by atoms with Gasteiger partial charge in [-0.3, -0.25) is 0 Å². The highest BCUT2D eigenvalue weighted by Gasteiger charge is 2.21. The highest BCUT2D eigenvalue weighted by atomic mass is 16.5. The largest absolute Gasteiger partial charge is 0.461 e. The van der Waals surface area contributed by atoms with Crippen LogP contribution in [0.2, 0.25) is 0 Å². The van der Waals surface area contributed by atoms with Crippen molar-refractivity contribution in [1.82, 2.24) is 15.0 Å². The first-order valence-corrected chi connectivity index (χ1v) is 7.18. The van der Waals surface area contributed by atoms with Crippen molar-refractivity contribution in [3.8, 4) is 6.01 Å². The average molecular weight is 281 g/mol. The second-order valence-corrected chi connectivity index (χ2v) is 5.16. The lowest BCUT2D eigenvalue weighted by molar-refractivity contribution is 0.145. The number of nitrogens with zero attached hydrogens (tertiary/aromatic N) is 4. The molecule has 2 heterocycles. The monoisotopic (exact) mass is 281 g/mol. The zero-order valence-corrected chi connectivity index (χ0v) is 12.3. The zero-order chi connectivity index (χ0) is 14.5. The van der Waals surface area contributed by atoms with E-state index in [1.165, 1.54) is 0 Å². The third kappa shape index (κ3) is 3.93. The normalized spacial score (nSPS) is 16.6. The molecule has 0 aromatic carbocycles. The molecule has 20 heavy (non-hydrogen) atoms. The van der Waals surface area contributed by atoms with Gasteiger partial charge in [-0.1, -0.05) is 0 Å². The standard InChI is InChI=1S/C13H23N5O2/c1-4-14-11-15-12(17-13(16-11)20-9(2)3)18-7-5-10(19)6-8-18/h9-10,19H,4-8H2,1-3H3,(H,14,15,16,17). The molecule has 1 aromatic heterocycles. The van der Waals surface area contributed by atoms with Crippen molar-refractivity contribution in [1.29, 1.82) is 0 Å². The molecule has 7 nitrogen and oxygen atoms in total. The topological polar surface area (TPSA) is 83.4 Å². The SMILES string of the molecule is CCNc1nc(OC(C)C)nc(N2CCC(O)CC2)n1. The van der Waals surface area contributed by atoms with Crippen LogP contribution in [0.5, 0.6) is 6.01 Å². The summed E-state index contributed by atoms with van der Waals surface area (Å²) >= 11 is 0. The van der Waals surface area contributed by atoms with Gasteiger partial charge in [-0.25, -0.2) is 0 Å². The molecule has 1 aliphatic rings. The van der Waals surface area contributed by atoms with Crippen molar-refractivity contribution < 1.29 is 9.84 Å². The van der Waals surface area contributed by atoms with Crippen molar-refractivity contribution in [3.63, 3.8) is 0 Å². The van der Waals surface area contributed by atoms with Crippen LogP contribution < -0.4 is 15.0 Å². The van der Waals surface area contributed by atoms with Crippen LogP contribution in [0.4, 0.5) is 11.9 Å². The zero-order valence-electron chi connectivity index (χ0n) is 12.3. The van der Waals surface area contributed by atoms with E-state index in [2.05, 4.69) is 25.2 Å². The van der Waals surface area contributed by atoms with Crippen LogP contribution in [0.15, 0.2) is 0 Å². The van der Waals surface area contributed by atoms with Crippen LogP contribution in [0.3, 0.4) is 0 Å². The van der Waals surface area contributed by atoms with Crippen LogP contribution in [0.1, 0.15) is 33.6 Å². The van der Waals surface area contributed by atoms with E-state index in [0.717, 1.165) is 32.5 Å². The van der Waals surface area contributed by atoms with E-state index in [0.29, 0.717) is 17.9 Å². The Morgan fingerprint density at radius 2 is 2.00 bits per heavy atom. The predicted octanol–water partition coefficient (Wildman–Crippen LogP) is 1.05. The minimum absolute atomic E-state index is 0.0166. The molecule has 0 amide bonds. The Morgan fingerprint density at radius 3 is 2.60 bits per heavy atom. The minimum Gasteiger partial charge on any atom is -0.461 e. The van der Waals surface area contributed by atoms with Crippen LogP contribution in [0.25, 0.3) is 0 Å². The van der Waals surface area contributed by atoms with E-state index in [1.54, 1.807) is 0 Å². The van der Waals surface area contributed by atoms with Gasteiger partial charge in [-0.05, 0) is 33.6 Å². The van der Waals surface area contributed by atoms with E-state index in [1.807, 2.05) is 20.8 Å². The Labute approximate surface area is 119 Å². The summed E-state index contributed by atoms with van der Waals surface area (Å²) in [7, 11) is 0. The third-order valence-corrected chi connectivity index (χ3v) is 3.03. The van der Waals surface area contributed by atoms with Gasteiger partial charge in [0.1, 0.15) is 0 Å². The first-order valence-electron chi connectivity index (χ1n) is 7.18. The quantitative estimate of drug-likeness (QED) is 0.834. The lowest BCUT2D eigenvalue weighted by Gasteiger charge is -2.29. The van der Waals surface area contributed by atoms with Crippen molar-refractivity contribution in [2.45, 2.75) is 45.8 Å². The summed E-state index contributed by atoms with van der Waals surface area (Å²) in [6.07, 6.45) is 1.28. The molecular formula is C13H23N5O2. The fourth-order valence-corrected chi connectivity index (χ4v) is 2.05. The van der Waals surface area contributed by atoms with Gasteiger partial charge in [-0.15, -0.1) is 0 Å². The molecule has 0 saturated carbocycles. The van der Waals surface area contributed by atoms with Crippen LogP contribution >= 0.6 is 0 Å². The Balaban J connectivity index is 2.19. The molecular weight excluding hydrogens is 258 g/mol. The first kappa shape index (κ1) is 14.8. The lowest BCUT2D eigenvalue weighted by atomic mass is 10.1. The summed E-state index contributed by atoms with van der Waals surface area (Å²) in [4.78, 5) is 15.1. The molecule has 0 radical (unpaired) electrons. The first-order chi connectivity index (χ1) is 9.58. The third-order valence-electron chi connectivity index (χ3n) is 3.03. The number of piperidine rings is 1. The van der Waals surface area contributed by atoms with Gasteiger partial charge in [0, 0.05) is 19.6 Å². The highest BCUT2D eigenvalue weighted by Crippen LogP contribution is 2.20. The maximum atomic E-state index is 9.57. The number of ether oxygens (including phenoxy) is 1. The molecule has 0 atom stereocenters. The molecule has 112 valence electrons. The van der Waals surface area contributed by atoms with Crippen molar-refractivity contribution in [2.24, 2.45) is 0 Å². The van der Waals surface area contributed by atoms with Crippen molar-refractivity contribution >= 4 is 11.9 Å². The molecule has 0 aliphatic carbocycles. The maximum Gasteiger partial charge on any atom is 0.323 e. The van der Waals surface area contributed by atoms with Gasteiger partial charge in [0.05, 0.1) is 12.2 Å². The number of hydrogen-bond acceptors (Lipinski definition) is 7. The summed E-state index contributed by atoms with van der Waals surface area (Å²) in [6, 6.07) is 0.340. The van der Waals surface area contributed by atoms with E-state index < -0.39 is 0 Å². The van der Waals surface area contributed by atoms with Crippen LogP contribution in [0, 0.1) is 0 Å². The molecule has 1 aliphatic heterocycles. The maximum absolute atomic E-state index is 9.57. The number of aliphatic hydroxyl groups is 1. The Bertz CT molecular complexity index is 433. The second kappa shape index (κ2) is 6.69. The number of nitrogens with one attached hydrogen (secondary N) is 1. The Kier molecular flexibility index (Phi) is 4.94. The highest BCUT2D eigenvalue weighted by molar-refractivity contribution is 5.38. The fraction of sp³-hybridized carbons (Fsp3) is 0.769.